The van der Waals surface area contributed by atoms with Crippen molar-refractivity contribution in [1.29, 1.82) is 5.26 Å². The van der Waals surface area contributed by atoms with E-state index in [-0.39, 0.29) is 5.91 Å². The maximum absolute atomic E-state index is 13.0. The second kappa shape index (κ2) is 9.68. The van der Waals surface area contributed by atoms with Gasteiger partial charge in [-0.2, -0.15) is 5.26 Å². The van der Waals surface area contributed by atoms with Gasteiger partial charge >= 0.3 is 0 Å². The van der Waals surface area contributed by atoms with Gasteiger partial charge in [0, 0.05) is 37.9 Å². The van der Waals surface area contributed by atoms with E-state index in [2.05, 4.69) is 11.1 Å². The van der Waals surface area contributed by atoms with Crippen molar-refractivity contribution >= 4 is 23.3 Å². The highest BCUT2D eigenvalue weighted by Gasteiger charge is 2.26. The van der Waals surface area contributed by atoms with Crippen molar-refractivity contribution < 1.29 is 14.3 Å². The number of benzene rings is 1. The normalized spacial score (nSPS) is 13.9. The van der Waals surface area contributed by atoms with Gasteiger partial charge in [0.1, 0.15) is 11.9 Å². The Labute approximate surface area is 181 Å². The molecule has 2 aromatic rings. The molecule has 30 heavy (non-hydrogen) atoms. The van der Waals surface area contributed by atoms with Crippen LogP contribution in [0.15, 0.2) is 30.5 Å². The van der Waals surface area contributed by atoms with Crippen molar-refractivity contribution in [3.8, 4) is 17.6 Å². The molecule has 0 N–H and O–H groups in total. The van der Waals surface area contributed by atoms with Gasteiger partial charge in [0.15, 0.2) is 11.5 Å². The van der Waals surface area contributed by atoms with Crippen LogP contribution in [0.4, 0.5) is 5.82 Å². The first-order chi connectivity index (χ1) is 14.4. The third-order valence-corrected chi connectivity index (χ3v) is 5.09. The molecule has 3 rings (SSSR count). The standard InChI is InChI=1S/C22H25ClN4O3/c1-15(2)14-30-20-18(23)11-17(12-19(20)29-3)22(28)27-9-7-26(8-10-27)21-16(13-24)5-4-6-25-21/h4-6,11-12,15H,7-10,14H2,1-3H3. The van der Waals surface area contributed by atoms with Crippen molar-refractivity contribution in [2.45, 2.75) is 13.8 Å². The second-order valence-corrected chi connectivity index (χ2v) is 7.87. The Morgan fingerprint density at radius 1 is 1.30 bits per heavy atom. The molecule has 0 unspecified atom stereocenters. The third kappa shape index (κ3) is 4.77. The van der Waals surface area contributed by atoms with Crippen LogP contribution in [-0.2, 0) is 0 Å². The number of pyridine rings is 1. The highest BCUT2D eigenvalue weighted by Crippen LogP contribution is 2.37. The van der Waals surface area contributed by atoms with E-state index in [0.29, 0.717) is 72.2 Å². The Hall–Kier alpha value is -2.98. The first kappa shape index (κ1) is 21.7. The molecule has 0 aliphatic carbocycles. The van der Waals surface area contributed by atoms with Gasteiger partial charge in [-0.05, 0) is 30.2 Å². The number of hydrogen-bond donors (Lipinski definition) is 0. The van der Waals surface area contributed by atoms with E-state index in [1.54, 1.807) is 35.4 Å². The fourth-order valence-corrected chi connectivity index (χ4v) is 3.54. The molecule has 1 aliphatic rings. The summed E-state index contributed by atoms with van der Waals surface area (Å²) in [7, 11) is 1.53. The van der Waals surface area contributed by atoms with Crippen LogP contribution < -0.4 is 14.4 Å². The highest BCUT2D eigenvalue weighted by atomic mass is 35.5. The first-order valence-electron chi connectivity index (χ1n) is 9.84. The summed E-state index contributed by atoms with van der Waals surface area (Å²) < 4.78 is 11.2. The molecule has 1 fully saturated rings. The van der Waals surface area contributed by atoms with Crippen molar-refractivity contribution in [2.75, 3.05) is 44.8 Å². The van der Waals surface area contributed by atoms with Crippen molar-refractivity contribution in [3.05, 3.63) is 46.6 Å². The number of aromatic nitrogens is 1. The van der Waals surface area contributed by atoms with E-state index in [1.165, 1.54) is 7.11 Å². The van der Waals surface area contributed by atoms with E-state index in [9.17, 15) is 10.1 Å². The second-order valence-electron chi connectivity index (χ2n) is 7.46. The van der Waals surface area contributed by atoms with E-state index in [0.717, 1.165) is 0 Å². The number of carbonyl (C=O) groups is 1. The van der Waals surface area contributed by atoms with Gasteiger partial charge in [0.25, 0.3) is 5.91 Å². The van der Waals surface area contributed by atoms with Crippen molar-refractivity contribution in [2.24, 2.45) is 5.92 Å². The summed E-state index contributed by atoms with van der Waals surface area (Å²) in [5.74, 6) is 1.77. The van der Waals surface area contributed by atoms with Gasteiger partial charge in [-0.3, -0.25) is 4.79 Å². The molecule has 1 aromatic carbocycles. The fraction of sp³-hybridized carbons (Fsp3) is 0.409. The van der Waals surface area contributed by atoms with Gasteiger partial charge in [-0.15, -0.1) is 0 Å². The monoisotopic (exact) mass is 428 g/mol. The number of ether oxygens (including phenoxy) is 2. The van der Waals surface area contributed by atoms with E-state index in [1.807, 2.05) is 18.7 Å². The number of piperazine rings is 1. The minimum Gasteiger partial charge on any atom is -0.493 e. The van der Waals surface area contributed by atoms with Crippen LogP contribution in [0, 0.1) is 17.2 Å². The number of amides is 1. The van der Waals surface area contributed by atoms with Gasteiger partial charge in [0.05, 0.1) is 24.3 Å². The Balaban J connectivity index is 1.72. The lowest BCUT2D eigenvalue weighted by atomic mass is 10.1. The maximum Gasteiger partial charge on any atom is 0.254 e. The molecule has 0 atom stereocenters. The summed E-state index contributed by atoms with van der Waals surface area (Å²) in [5.41, 5.74) is 0.989. The summed E-state index contributed by atoms with van der Waals surface area (Å²) in [6.07, 6.45) is 1.67. The quantitative estimate of drug-likeness (QED) is 0.699. The van der Waals surface area contributed by atoms with Gasteiger partial charge in [-0.25, -0.2) is 4.98 Å². The van der Waals surface area contributed by atoms with Crippen molar-refractivity contribution in [1.82, 2.24) is 9.88 Å². The average molecular weight is 429 g/mol. The van der Waals surface area contributed by atoms with Gasteiger partial charge in [0.2, 0.25) is 0 Å². The third-order valence-electron chi connectivity index (χ3n) is 4.81. The lowest BCUT2D eigenvalue weighted by molar-refractivity contribution is 0.0746. The molecule has 0 saturated carbocycles. The smallest absolute Gasteiger partial charge is 0.254 e. The SMILES string of the molecule is COc1cc(C(=O)N2CCN(c3ncccc3C#N)CC2)cc(Cl)c1OCC(C)C. The summed E-state index contributed by atoms with van der Waals surface area (Å²) in [6.45, 7) is 6.82. The zero-order chi connectivity index (χ0) is 21.7. The Morgan fingerprint density at radius 2 is 2.03 bits per heavy atom. The van der Waals surface area contributed by atoms with Crippen LogP contribution in [-0.4, -0.2) is 55.7 Å². The summed E-state index contributed by atoms with van der Waals surface area (Å²) in [6, 6.07) is 8.95. The molecule has 8 heteroatoms. The largest absolute Gasteiger partial charge is 0.493 e. The number of rotatable bonds is 6. The van der Waals surface area contributed by atoms with Crippen LogP contribution in [0.5, 0.6) is 11.5 Å². The molecule has 1 saturated heterocycles. The number of nitriles is 1. The Kier molecular flexibility index (Phi) is 7.01. The number of methoxy groups -OCH3 is 1. The number of halogens is 1. The Morgan fingerprint density at radius 3 is 2.67 bits per heavy atom. The predicted octanol–water partition coefficient (Wildman–Crippen LogP) is 3.61. The lowest BCUT2D eigenvalue weighted by Gasteiger charge is -2.35. The molecule has 1 amide bonds. The van der Waals surface area contributed by atoms with E-state index in [4.69, 9.17) is 21.1 Å². The summed E-state index contributed by atoms with van der Waals surface area (Å²) >= 11 is 6.39. The number of nitrogens with zero attached hydrogens (tertiary/aromatic N) is 4. The van der Waals surface area contributed by atoms with Crippen molar-refractivity contribution in [3.63, 3.8) is 0 Å². The summed E-state index contributed by atoms with van der Waals surface area (Å²) in [5, 5.41) is 9.64. The van der Waals surface area contributed by atoms with Crippen LogP contribution >= 0.6 is 11.6 Å². The lowest BCUT2D eigenvalue weighted by Crippen LogP contribution is -2.49. The van der Waals surface area contributed by atoms with E-state index >= 15 is 0 Å². The number of anilines is 1. The first-order valence-corrected chi connectivity index (χ1v) is 10.2. The molecule has 0 radical (unpaired) electrons. The van der Waals surface area contributed by atoms with Crippen LogP contribution in [0.25, 0.3) is 0 Å². The zero-order valence-electron chi connectivity index (χ0n) is 17.4. The molecule has 158 valence electrons. The topological polar surface area (TPSA) is 78.7 Å². The highest BCUT2D eigenvalue weighted by molar-refractivity contribution is 6.32. The number of hydrogen-bond acceptors (Lipinski definition) is 6. The Bertz CT molecular complexity index is 950. The van der Waals surface area contributed by atoms with Crippen LogP contribution in [0.3, 0.4) is 0 Å². The molecule has 1 aliphatic heterocycles. The predicted molar refractivity (Wildman–Crippen MR) is 115 cm³/mol. The number of carbonyl (C=O) groups excluding carboxylic acids is 1. The van der Waals surface area contributed by atoms with E-state index < -0.39 is 0 Å². The molecule has 0 bridgehead atoms. The molecule has 1 aromatic heterocycles. The summed E-state index contributed by atoms with van der Waals surface area (Å²) in [4.78, 5) is 21.2. The molecular formula is C22H25ClN4O3. The minimum absolute atomic E-state index is 0.119. The fourth-order valence-electron chi connectivity index (χ4n) is 3.27. The minimum atomic E-state index is -0.119. The van der Waals surface area contributed by atoms with Crippen LogP contribution in [0.1, 0.15) is 29.8 Å². The average Bonchev–Trinajstić information content (AvgIpc) is 2.77. The van der Waals surface area contributed by atoms with Gasteiger partial charge < -0.3 is 19.3 Å². The van der Waals surface area contributed by atoms with Gasteiger partial charge in [-0.1, -0.05) is 25.4 Å². The zero-order valence-corrected chi connectivity index (χ0v) is 18.1. The maximum atomic E-state index is 13.0. The molecule has 0 spiro atoms. The molecule has 2 heterocycles. The molecular weight excluding hydrogens is 404 g/mol. The molecule has 7 nitrogen and oxygen atoms in total. The van der Waals surface area contributed by atoms with Crippen LogP contribution in [0.2, 0.25) is 5.02 Å².